The van der Waals surface area contributed by atoms with Crippen molar-refractivity contribution in [1.82, 2.24) is 20.2 Å². The van der Waals surface area contributed by atoms with E-state index in [-0.39, 0.29) is 12.5 Å². The summed E-state index contributed by atoms with van der Waals surface area (Å²) in [5.41, 5.74) is 2.69. The fraction of sp³-hybridized carbons (Fsp3) is 0.176. The summed E-state index contributed by atoms with van der Waals surface area (Å²) in [5, 5.41) is 15.0. The molecule has 0 radical (unpaired) electrons. The van der Waals surface area contributed by atoms with Crippen LogP contribution in [0.2, 0.25) is 0 Å². The van der Waals surface area contributed by atoms with Crippen LogP contribution in [0.4, 0.5) is 11.4 Å². The van der Waals surface area contributed by atoms with E-state index in [1.807, 2.05) is 73.6 Å². The quantitative estimate of drug-likeness (QED) is 0.778. The molecule has 0 saturated carbocycles. The molecule has 0 fully saturated rings. The third-order valence-corrected chi connectivity index (χ3v) is 3.44. The van der Waals surface area contributed by atoms with Gasteiger partial charge in [0.15, 0.2) is 0 Å². The van der Waals surface area contributed by atoms with Gasteiger partial charge in [0.1, 0.15) is 6.54 Å². The first-order chi connectivity index (χ1) is 11.6. The Bertz CT molecular complexity index is 811. The molecule has 0 spiro atoms. The number of hydrogen-bond donors (Lipinski definition) is 1. The largest absolute Gasteiger partial charge is 0.378 e. The van der Waals surface area contributed by atoms with Gasteiger partial charge in [-0.05, 0) is 41.6 Å². The number of tetrazole rings is 1. The summed E-state index contributed by atoms with van der Waals surface area (Å²) in [7, 11) is 3.96. The van der Waals surface area contributed by atoms with Gasteiger partial charge in [0.2, 0.25) is 11.7 Å². The highest BCUT2D eigenvalue weighted by Gasteiger charge is 2.09. The molecule has 3 aromatic rings. The second-order valence-electron chi connectivity index (χ2n) is 5.50. The van der Waals surface area contributed by atoms with Gasteiger partial charge < -0.3 is 10.2 Å². The number of nitrogens with one attached hydrogen (secondary N) is 1. The predicted octanol–water partition coefficient (Wildman–Crippen LogP) is 2.04. The Morgan fingerprint density at radius 1 is 1.08 bits per heavy atom. The number of rotatable bonds is 5. The van der Waals surface area contributed by atoms with Crippen LogP contribution in [-0.2, 0) is 11.3 Å². The smallest absolute Gasteiger partial charge is 0.248 e. The zero-order valence-corrected chi connectivity index (χ0v) is 13.5. The van der Waals surface area contributed by atoms with Crippen LogP contribution in [0, 0.1) is 0 Å². The van der Waals surface area contributed by atoms with E-state index in [2.05, 4.69) is 20.7 Å². The monoisotopic (exact) mass is 322 g/mol. The van der Waals surface area contributed by atoms with E-state index in [0.29, 0.717) is 5.82 Å². The van der Waals surface area contributed by atoms with Gasteiger partial charge in [-0.3, -0.25) is 4.79 Å². The standard InChI is InChI=1S/C17H18N6O/c1-22(2)15-10-8-13(9-11-15)17-19-21-23(20-17)12-16(24)18-14-6-4-3-5-7-14/h3-11H,12H2,1-2H3,(H,18,24). The molecule has 0 atom stereocenters. The van der Waals surface area contributed by atoms with Gasteiger partial charge in [0.25, 0.3) is 0 Å². The van der Waals surface area contributed by atoms with Crippen molar-refractivity contribution >= 4 is 17.3 Å². The number of aromatic nitrogens is 4. The summed E-state index contributed by atoms with van der Waals surface area (Å²) in [6, 6.07) is 17.1. The molecule has 0 aliphatic rings. The van der Waals surface area contributed by atoms with E-state index < -0.39 is 0 Å². The lowest BCUT2D eigenvalue weighted by atomic mass is 10.2. The van der Waals surface area contributed by atoms with Crippen LogP contribution in [0.3, 0.4) is 0 Å². The molecule has 1 heterocycles. The van der Waals surface area contributed by atoms with Gasteiger partial charge in [-0.2, -0.15) is 4.80 Å². The molecule has 0 saturated heterocycles. The van der Waals surface area contributed by atoms with Crippen LogP contribution in [-0.4, -0.2) is 40.2 Å². The van der Waals surface area contributed by atoms with Crippen LogP contribution in [0.5, 0.6) is 0 Å². The van der Waals surface area contributed by atoms with Crippen LogP contribution in [0.25, 0.3) is 11.4 Å². The SMILES string of the molecule is CN(C)c1ccc(-c2nnn(CC(=O)Nc3ccccc3)n2)cc1. The third kappa shape index (κ3) is 3.75. The van der Waals surface area contributed by atoms with Crippen molar-refractivity contribution in [3.05, 3.63) is 54.6 Å². The first kappa shape index (κ1) is 15.7. The molecule has 0 bridgehead atoms. The van der Waals surface area contributed by atoms with Crippen LogP contribution in [0.1, 0.15) is 0 Å². The topological polar surface area (TPSA) is 75.9 Å². The van der Waals surface area contributed by atoms with E-state index in [0.717, 1.165) is 16.9 Å². The van der Waals surface area contributed by atoms with Crippen molar-refractivity contribution in [2.75, 3.05) is 24.3 Å². The minimum Gasteiger partial charge on any atom is -0.378 e. The molecule has 0 aliphatic heterocycles. The van der Waals surface area contributed by atoms with Gasteiger partial charge in [0, 0.05) is 31.0 Å². The second-order valence-corrected chi connectivity index (χ2v) is 5.50. The highest BCUT2D eigenvalue weighted by molar-refractivity contribution is 5.90. The molecule has 7 nitrogen and oxygen atoms in total. The molecule has 0 aliphatic carbocycles. The maximum absolute atomic E-state index is 12.0. The van der Waals surface area contributed by atoms with Gasteiger partial charge in [-0.15, -0.1) is 10.2 Å². The first-order valence-corrected chi connectivity index (χ1v) is 7.52. The summed E-state index contributed by atoms with van der Waals surface area (Å²) < 4.78 is 0. The van der Waals surface area contributed by atoms with Crippen LogP contribution >= 0.6 is 0 Å². The molecular formula is C17H18N6O. The van der Waals surface area contributed by atoms with Crippen molar-refractivity contribution in [3.63, 3.8) is 0 Å². The molecule has 24 heavy (non-hydrogen) atoms. The number of hydrogen-bond acceptors (Lipinski definition) is 5. The van der Waals surface area contributed by atoms with Crippen molar-refractivity contribution in [1.29, 1.82) is 0 Å². The Hall–Kier alpha value is -3.22. The Kier molecular flexibility index (Phi) is 4.51. The van der Waals surface area contributed by atoms with Crippen molar-refractivity contribution in [2.24, 2.45) is 0 Å². The van der Waals surface area contributed by atoms with Gasteiger partial charge in [0.05, 0.1) is 0 Å². The fourth-order valence-corrected chi connectivity index (χ4v) is 2.18. The maximum atomic E-state index is 12.0. The lowest BCUT2D eigenvalue weighted by Gasteiger charge is -2.11. The molecule has 0 unspecified atom stereocenters. The van der Waals surface area contributed by atoms with Crippen molar-refractivity contribution in [2.45, 2.75) is 6.54 Å². The minimum atomic E-state index is -0.201. The van der Waals surface area contributed by atoms with Gasteiger partial charge in [-0.1, -0.05) is 18.2 Å². The molecule has 1 aromatic heterocycles. The number of para-hydroxylation sites is 1. The second kappa shape index (κ2) is 6.91. The highest BCUT2D eigenvalue weighted by atomic mass is 16.2. The molecular weight excluding hydrogens is 304 g/mol. The molecule has 1 amide bonds. The minimum absolute atomic E-state index is 0.0116. The molecule has 122 valence electrons. The average molecular weight is 322 g/mol. The van der Waals surface area contributed by atoms with Gasteiger partial charge >= 0.3 is 0 Å². The van der Waals surface area contributed by atoms with Gasteiger partial charge in [-0.25, -0.2) is 0 Å². The third-order valence-electron chi connectivity index (χ3n) is 3.44. The number of benzene rings is 2. The Balaban J connectivity index is 1.66. The summed E-state index contributed by atoms with van der Waals surface area (Å²) in [4.78, 5) is 15.3. The number of carbonyl (C=O) groups is 1. The summed E-state index contributed by atoms with van der Waals surface area (Å²) >= 11 is 0. The molecule has 7 heteroatoms. The zero-order chi connectivity index (χ0) is 16.9. The summed E-state index contributed by atoms with van der Waals surface area (Å²) in [5.74, 6) is 0.293. The Morgan fingerprint density at radius 2 is 1.79 bits per heavy atom. The summed E-state index contributed by atoms with van der Waals surface area (Å²) in [6.07, 6.45) is 0. The zero-order valence-electron chi connectivity index (χ0n) is 13.5. The fourth-order valence-electron chi connectivity index (χ4n) is 2.18. The number of amides is 1. The van der Waals surface area contributed by atoms with Crippen molar-refractivity contribution in [3.8, 4) is 11.4 Å². The average Bonchev–Trinajstić information content (AvgIpc) is 3.04. The maximum Gasteiger partial charge on any atom is 0.248 e. The summed E-state index contributed by atoms with van der Waals surface area (Å²) in [6.45, 7) is 0.0116. The van der Waals surface area contributed by atoms with E-state index in [9.17, 15) is 4.79 Å². The molecule has 3 rings (SSSR count). The molecule has 2 aromatic carbocycles. The van der Waals surface area contributed by atoms with E-state index >= 15 is 0 Å². The Morgan fingerprint density at radius 3 is 2.46 bits per heavy atom. The molecule has 1 N–H and O–H groups in total. The van der Waals surface area contributed by atoms with Crippen molar-refractivity contribution < 1.29 is 4.79 Å². The van der Waals surface area contributed by atoms with E-state index in [1.54, 1.807) is 0 Å². The van der Waals surface area contributed by atoms with Crippen LogP contribution < -0.4 is 10.2 Å². The number of nitrogens with zero attached hydrogens (tertiary/aromatic N) is 5. The Labute approximate surface area is 139 Å². The highest BCUT2D eigenvalue weighted by Crippen LogP contribution is 2.18. The first-order valence-electron chi connectivity index (χ1n) is 7.52. The normalized spacial score (nSPS) is 10.4. The number of carbonyl (C=O) groups excluding carboxylic acids is 1. The van der Waals surface area contributed by atoms with E-state index in [1.165, 1.54) is 4.80 Å². The predicted molar refractivity (Wildman–Crippen MR) is 92.7 cm³/mol. The van der Waals surface area contributed by atoms with Crippen LogP contribution in [0.15, 0.2) is 54.6 Å². The van der Waals surface area contributed by atoms with E-state index in [4.69, 9.17) is 0 Å². The lowest BCUT2D eigenvalue weighted by Crippen LogP contribution is -2.20. The number of anilines is 2. The lowest BCUT2D eigenvalue weighted by molar-refractivity contribution is -0.117.